The average Bonchev–Trinajstić information content (AvgIpc) is 2.60. The molecule has 0 bridgehead atoms. The predicted octanol–water partition coefficient (Wildman–Crippen LogP) is 3.75. The van der Waals surface area contributed by atoms with E-state index in [1.54, 1.807) is 0 Å². The first-order valence-electron chi connectivity index (χ1n) is 9.90. The molecule has 1 unspecified atom stereocenters. The number of carbonyl (C=O) groups excluding carboxylic acids is 1. The molecule has 2 rings (SSSR count). The summed E-state index contributed by atoms with van der Waals surface area (Å²) >= 11 is 0. The second-order valence-corrected chi connectivity index (χ2v) is 7.45. The Bertz CT molecular complexity index is 389. The first kappa shape index (κ1) is 22.2. The highest BCUT2D eigenvalue weighted by Crippen LogP contribution is 2.30. The molecule has 5 nitrogen and oxygen atoms in total. The fraction of sp³-hybridized carbons (Fsp3) is 0.895. The molecule has 6 heteroatoms. The van der Waals surface area contributed by atoms with Crippen molar-refractivity contribution in [3.05, 3.63) is 0 Å². The van der Waals surface area contributed by atoms with E-state index >= 15 is 0 Å². The molecule has 2 aliphatic rings. The first-order valence-corrected chi connectivity index (χ1v) is 9.90. The zero-order valence-corrected chi connectivity index (χ0v) is 16.4. The summed E-state index contributed by atoms with van der Waals surface area (Å²) in [5.41, 5.74) is 0. The number of carboxylic acids is 1. The van der Waals surface area contributed by atoms with Crippen LogP contribution in [0.4, 0.5) is 0 Å². The molecule has 0 spiro atoms. The van der Waals surface area contributed by atoms with E-state index in [4.69, 9.17) is 0 Å². The number of nitrogens with one attached hydrogen (secondary N) is 1. The topological polar surface area (TPSA) is 69.6 Å². The highest BCUT2D eigenvalue weighted by Gasteiger charge is 2.32. The summed E-state index contributed by atoms with van der Waals surface area (Å²) in [5.74, 6) is -0.748. The van der Waals surface area contributed by atoms with Gasteiger partial charge < -0.3 is 10.0 Å². The van der Waals surface area contributed by atoms with Gasteiger partial charge in [0.2, 0.25) is 5.91 Å². The molecule has 0 aromatic rings. The van der Waals surface area contributed by atoms with Crippen molar-refractivity contribution in [3.63, 3.8) is 0 Å². The van der Waals surface area contributed by atoms with Crippen LogP contribution in [-0.4, -0.2) is 46.6 Å². The van der Waals surface area contributed by atoms with E-state index in [-0.39, 0.29) is 24.9 Å². The second-order valence-electron chi connectivity index (χ2n) is 7.45. The first-order chi connectivity index (χ1) is 11.6. The molecule has 0 aliphatic heterocycles. The van der Waals surface area contributed by atoms with E-state index in [1.807, 2.05) is 6.92 Å². The molecule has 25 heavy (non-hydrogen) atoms. The summed E-state index contributed by atoms with van der Waals surface area (Å²) < 4.78 is 0. The van der Waals surface area contributed by atoms with Gasteiger partial charge >= 0.3 is 5.97 Å². The maximum Gasteiger partial charge on any atom is 0.320 e. The standard InChI is InChI=1S/C19H34N2O3.ClH/c1-2-9-17(19(23)24)20-14-18(22)21(15-10-5-3-6-11-15)16-12-7-4-8-13-16;/h15-17,20H,2-14H2,1H3,(H,23,24);1H. The molecule has 0 aromatic carbocycles. The van der Waals surface area contributed by atoms with E-state index in [0.29, 0.717) is 18.5 Å². The number of aliphatic carboxylic acids is 1. The Morgan fingerprint density at radius 2 is 1.48 bits per heavy atom. The number of nitrogens with zero attached hydrogens (tertiary/aromatic N) is 1. The predicted molar refractivity (Wildman–Crippen MR) is 102 cm³/mol. The highest BCUT2D eigenvalue weighted by molar-refractivity contribution is 5.85. The minimum atomic E-state index is -0.855. The fourth-order valence-corrected chi connectivity index (χ4v) is 4.33. The quantitative estimate of drug-likeness (QED) is 0.678. The van der Waals surface area contributed by atoms with Gasteiger partial charge in [-0.05, 0) is 32.1 Å². The lowest BCUT2D eigenvalue weighted by atomic mass is 9.88. The van der Waals surface area contributed by atoms with Crippen LogP contribution in [0.25, 0.3) is 0 Å². The third-order valence-corrected chi connectivity index (χ3v) is 5.60. The van der Waals surface area contributed by atoms with Crippen LogP contribution in [-0.2, 0) is 9.59 Å². The lowest BCUT2D eigenvalue weighted by Crippen LogP contribution is -2.53. The van der Waals surface area contributed by atoms with Crippen molar-refractivity contribution in [2.45, 2.75) is 102 Å². The molecule has 2 aliphatic carbocycles. The Kier molecular flexibility index (Phi) is 10.4. The summed E-state index contributed by atoms with van der Waals surface area (Å²) in [5, 5.41) is 12.3. The molecule has 0 radical (unpaired) electrons. The van der Waals surface area contributed by atoms with Crippen LogP contribution in [0.5, 0.6) is 0 Å². The van der Waals surface area contributed by atoms with Gasteiger partial charge in [-0.3, -0.25) is 14.9 Å². The summed E-state index contributed by atoms with van der Waals surface area (Å²) in [6, 6.07) is 0.120. The van der Waals surface area contributed by atoms with Crippen LogP contribution in [0.2, 0.25) is 0 Å². The SMILES string of the molecule is CCCC(NCC(=O)N(C1CCCCC1)C1CCCCC1)C(=O)O.Cl. The van der Waals surface area contributed by atoms with E-state index in [0.717, 1.165) is 32.1 Å². The molecule has 0 saturated heterocycles. The van der Waals surface area contributed by atoms with E-state index < -0.39 is 12.0 Å². The largest absolute Gasteiger partial charge is 0.480 e. The highest BCUT2D eigenvalue weighted by atomic mass is 35.5. The minimum absolute atomic E-state index is 0. The number of halogens is 1. The number of hydrogen-bond acceptors (Lipinski definition) is 3. The van der Waals surface area contributed by atoms with Gasteiger partial charge in [-0.2, -0.15) is 0 Å². The number of amides is 1. The lowest BCUT2D eigenvalue weighted by molar-refractivity contribution is -0.140. The van der Waals surface area contributed by atoms with Crippen molar-refractivity contribution in [1.82, 2.24) is 10.2 Å². The molecule has 0 heterocycles. The summed E-state index contributed by atoms with van der Waals surface area (Å²) in [7, 11) is 0. The van der Waals surface area contributed by atoms with E-state index in [2.05, 4.69) is 10.2 Å². The summed E-state index contributed by atoms with van der Waals surface area (Å²) in [6.45, 7) is 2.12. The molecular weight excluding hydrogens is 340 g/mol. The summed E-state index contributed by atoms with van der Waals surface area (Å²) in [6.07, 6.45) is 13.2. The molecule has 2 N–H and O–H groups in total. The molecular formula is C19H35ClN2O3. The Hall–Kier alpha value is -0.810. The van der Waals surface area contributed by atoms with Crippen molar-refractivity contribution >= 4 is 24.3 Å². The van der Waals surface area contributed by atoms with Gasteiger partial charge in [0, 0.05) is 12.1 Å². The molecule has 0 aromatic heterocycles. The number of carboxylic acid groups (broad SMARTS) is 1. The van der Waals surface area contributed by atoms with Crippen LogP contribution < -0.4 is 5.32 Å². The smallest absolute Gasteiger partial charge is 0.320 e. The van der Waals surface area contributed by atoms with Gasteiger partial charge in [0.15, 0.2) is 0 Å². The number of hydrogen-bond donors (Lipinski definition) is 2. The average molecular weight is 375 g/mol. The van der Waals surface area contributed by atoms with Crippen LogP contribution in [0.15, 0.2) is 0 Å². The fourth-order valence-electron chi connectivity index (χ4n) is 4.33. The van der Waals surface area contributed by atoms with E-state index in [1.165, 1.54) is 38.5 Å². The molecule has 1 amide bonds. The van der Waals surface area contributed by atoms with Gasteiger partial charge in [-0.25, -0.2) is 0 Å². The normalized spacial score (nSPS) is 20.5. The van der Waals surface area contributed by atoms with Gasteiger partial charge in [0.05, 0.1) is 6.54 Å². The Morgan fingerprint density at radius 1 is 1.00 bits per heavy atom. The molecule has 146 valence electrons. The summed E-state index contributed by atoms with van der Waals surface area (Å²) in [4.78, 5) is 26.4. The maximum atomic E-state index is 12.9. The van der Waals surface area contributed by atoms with Crippen molar-refractivity contribution in [2.75, 3.05) is 6.54 Å². The van der Waals surface area contributed by atoms with Crippen LogP contribution in [0.3, 0.4) is 0 Å². The van der Waals surface area contributed by atoms with Crippen molar-refractivity contribution < 1.29 is 14.7 Å². The van der Waals surface area contributed by atoms with Crippen LogP contribution in [0, 0.1) is 0 Å². The van der Waals surface area contributed by atoms with Gasteiger partial charge in [0.1, 0.15) is 6.04 Å². The Labute approximate surface area is 158 Å². The second kappa shape index (κ2) is 11.7. The molecule has 2 fully saturated rings. The van der Waals surface area contributed by atoms with Crippen LogP contribution in [0.1, 0.15) is 84.0 Å². The Balaban J connectivity index is 0.00000312. The zero-order chi connectivity index (χ0) is 17.4. The lowest BCUT2D eigenvalue weighted by Gasteiger charge is -2.42. The van der Waals surface area contributed by atoms with Gasteiger partial charge in [0.25, 0.3) is 0 Å². The zero-order valence-electron chi connectivity index (χ0n) is 15.5. The Morgan fingerprint density at radius 3 is 1.88 bits per heavy atom. The van der Waals surface area contributed by atoms with E-state index in [9.17, 15) is 14.7 Å². The molecule has 2 saturated carbocycles. The van der Waals surface area contributed by atoms with Gasteiger partial charge in [-0.15, -0.1) is 12.4 Å². The van der Waals surface area contributed by atoms with Crippen molar-refractivity contribution in [1.29, 1.82) is 0 Å². The number of rotatable bonds is 8. The van der Waals surface area contributed by atoms with Crippen LogP contribution >= 0.6 is 12.4 Å². The third kappa shape index (κ3) is 6.78. The van der Waals surface area contributed by atoms with Gasteiger partial charge in [-0.1, -0.05) is 51.9 Å². The van der Waals surface area contributed by atoms with Crippen molar-refractivity contribution in [3.8, 4) is 0 Å². The maximum absolute atomic E-state index is 12.9. The third-order valence-electron chi connectivity index (χ3n) is 5.60. The monoisotopic (exact) mass is 374 g/mol. The minimum Gasteiger partial charge on any atom is -0.480 e. The van der Waals surface area contributed by atoms with Crippen molar-refractivity contribution in [2.24, 2.45) is 0 Å². The number of carbonyl (C=O) groups is 2. The molecule has 1 atom stereocenters.